The summed E-state index contributed by atoms with van der Waals surface area (Å²) in [7, 11) is 0. The molecule has 0 aliphatic heterocycles. The van der Waals surface area contributed by atoms with Gasteiger partial charge in [0.2, 0.25) is 0 Å². The molecule has 2 atom stereocenters. The quantitative estimate of drug-likeness (QED) is 0.396. The van der Waals surface area contributed by atoms with E-state index < -0.39 is 29.6 Å². The average Bonchev–Trinajstić information content (AvgIpc) is 3.44. The number of hydrogen-bond donors (Lipinski definition) is 1. The fraction of sp³-hybridized carbons (Fsp3) is 0.227. The number of nitrogens with zero attached hydrogens (tertiary/aromatic N) is 5. The Labute approximate surface area is 190 Å². The number of alkyl halides is 3. The first kappa shape index (κ1) is 23.4. The minimum Gasteiger partial charge on any atom is -0.406 e. The molecule has 0 amide bonds. The van der Waals surface area contributed by atoms with Gasteiger partial charge >= 0.3 is 6.36 Å². The molecule has 0 aliphatic carbocycles. The third-order valence-corrected chi connectivity index (χ3v) is 5.38. The van der Waals surface area contributed by atoms with E-state index in [9.17, 15) is 27.1 Å². The van der Waals surface area contributed by atoms with E-state index in [2.05, 4.69) is 19.9 Å². The highest BCUT2D eigenvalue weighted by Gasteiger charge is 2.41. The minimum atomic E-state index is -4.80. The number of rotatable bonds is 7. The Morgan fingerprint density at radius 2 is 1.76 bits per heavy atom. The van der Waals surface area contributed by atoms with Gasteiger partial charge in [0.05, 0.1) is 18.8 Å². The van der Waals surface area contributed by atoms with Crippen LogP contribution >= 0.6 is 0 Å². The zero-order valence-corrected chi connectivity index (χ0v) is 17.6. The second-order valence-electron chi connectivity index (χ2n) is 7.60. The number of halogens is 5. The van der Waals surface area contributed by atoms with Crippen LogP contribution in [0.1, 0.15) is 18.5 Å². The highest BCUT2D eigenvalue weighted by Crippen LogP contribution is 2.37. The second-order valence-corrected chi connectivity index (χ2v) is 7.60. The van der Waals surface area contributed by atoms with Crippen molar-refractivity contribution in [2.24, 2.45) is 0 Å². The van der Waals surface area contributed by atoms with E-state index in [4.69, 9.17) is 0 Å². The highest BCUT2D eigenvalue weighted by atomic mass is 19.4. The summed E-state index contributed by atoms with van der Waals surface area (Å²) in [6.07, 6.45) is 0.805. The van der Waals surface area contributed by atoms with Crippen LogP contribution in [-0.4, -0.2) is 36.0 Å². The van der Waals surface area contributed by atoms with Crippen LogP contribution in [0.3, 0.4) is 0 Å². The van der Waals surface area contributed by atoms with E-state index >= 15 is 0 Å². The van der Waals surface area contributed by atoms with Crippen LogP contribution in [-0.2, 0) is 12.1 Å². The van der Waals surface area contributed by atoms with Crippen LogP contribution in [0, 0.1) is 11.6 Å². The van der Waals surface area contributed by atoms with Gasteiger partial charge in [-0.15, -0.1) is 13.2 Å². The Bertz CT molecular complexity index is 1260. The molecule has 2 aromatic carbocycles. The Morgan fingerprint density at radius 1 is 1.03 bits per heavy atom. The lowest BCUT2D eigenvalue weighted by Crippen LogP contribution is -2.40. The lowest BCUT2D eigenvalue weighted by Gasteiger charge is -2.34. The van der Waals surface area contributed by atoms with Crippen molar-refractivity contribution in [1.29, 1.82) is 0 Å². The summed E-state index contributed by atoms with van der Waals surface area (Å²) in [5, 5.41) is 19.8. The van der Waals surface area contributed by atoms with Crippen molar-refractivity contribution in [3.05, 3.63) is 84.7 Å². The van der Waals surface area contributed by atoms with E-state index in [1.54, 1.807) is 13.1 Å². The van der Waals surface area contributed by atoms with Gasteiger partial charge < -0.3 is 9.84 Å². The molecule has 2 aromatic heterocycles. The molecule has 2 heterocycles. The fourth-order valence-electron chi connectivity index (χ4n) is 3.61. The van der Waals surface area contributed by atoms with Gasteiger partial charge in [0.25, 0.3) is 0 Å². The maximum atomic E-state index is 14.7. The van der Waals surface area contributed by atoms with Gasteiger partial charge in [0.1, 0.15) is 35.6 Å². The molecule has 0 radical (unpaired) electrons. The molecule has 7 nitrogen and oxygen atoms in total. The molecule has 0 spiro atoms. The summed E-state index contributed by atoms with van der Waals surface area (Å²) in [6.45, 7) is 1.38. The van der Waals surface area contributed by atoms with Gasteiger partial charge in [-0.05, 0) is 30.7 Å². The molecule has 0 unspecified atom stereocenters. The van der Waals surface area contributed by atoms with Gasteiger partial charge in [0, 0.05) is 23.4 Å². The molecule has 0 saturated carbocycles. The molecule has 0 fully saturated rings. The number of aromatic nitrogens is 5. The SMILES string of the molecule is C[C@@H](n1cc(-c2ccc(OC(F)(F)F)cc2)cn1)[C@](O)(Cn1cncn1)c1ccc(F)cc1F. The molecule has 4 aromatic rings. The van der Waals surface area contributed by atoms with Crippen LogP contribution in [0.4, 0.5) is 22.0 Å². The zero-order chi connectivity index (χ0) is 24.5. The number of hydrogen-bond acceptors (Lipinski definition) is 5. The van der Waals surface area contributed by atoms with E-state index in [1.165, 1.54) is 52.5 Å². The van der Waals surface area contributed by atoms with Gasteiger partial charge in [-0.3, -0.25) is 4.68 Å². The fourth-order valence-corrected chi connectivity index (χ4v) is 3.61. The molecular weight excluding hydrogens is 461 g/mol. The Balaban J connectivity index is 1.66. The van der Waals surface area contributed by atoms with Crippen molar-refractivity contribution in [3.63, 3.8) is 0 Å². The summed E-state index contributed by atoms with van der Waals surface area (Å²) in [4.78, 5) is 3.83. The van der Waals surface area contributed by atoms with Crippen molar-refractivity contribution in [2.45, 2.75) is 31.5 Å². The first-order valence-electron chi connectivity index (χ1n) is 9.96. The van der Waals surface area contributed by atoms with Crippen LogP contribution in [0.25, 0.3) is 11.1 Å². The maximum Gasteiger partial charge on any atom is 0.573 e. The third kappa shape index (κ3) is 4.91. The summed E-state index contributed by atoms with van der Waals surface area (Å²) >= 11 is 0. The van der Waals surface area contributed by atoms with Crippen molar-refractivity contribution in [3.8, 4) is 16.9 Å². The average molecular weight is 479 g/mol. The third-order valence-electron chi connectivity index (χ3n) is 5.38. The molecule has 178 valence electrons. The van der Waals surface area contributed by atoms with Gasteiger partial charge in [-0.2, -0.15) is 10.2 Å². The van der Waals surface area contributed by atoms with Crippen LogP contribution in [0.15, 0.2) is 67.5 Å². The Hall–Kier alpha value is -3.80. The maximum absolute atomic E-state index is 14.7. The molecule has 1 N–H and O–H groups in total. The first-order chi connectivity index (χ1) is 16.0. The number of aliphatic hydroxyl groups is 1. The summed E-state index contributed by atoms with van der Waals surface area (Å²) < 4.78 is 71.9. The number of benzene rings is 2. The zero-order valence-electron chi connectivity index (χ0n) is 17.6. The second kappa shape index (κ2) is 8.86. The standard InChI is InChI=1S/C22H18F5N5O2/c1-14(21(33,11-31-13-28-12-30-31)19-7-4-17(23)8-20(19)24)32-10-16(9-29-32)15-2-5-18(6-3-15)34-22(25,26)27/h2-10,12-14,33H,11H2,1H3/t14-,21-/m1/s1. The molecule has 0 saturated heterocycles. The molecule has 4 rings (SSSR count). The Morgan fingerprint density at radius 3 is 2.38 bits per heavy atom. The largest absolute Gasteiger partial charge is 0.573 e. The van der Waals surface area contributed by atoms with E-state index in [0.717, 1.165) is 12.1 Å². The summed E-state index contributed by atoms with van der Waals surface area (Å²) in [6, 6.07) is 7.17. The summed E-state index contributed by atoms with van der Waals surface area (Å²) in [5.74, 6) is -2.11. The predicted molar refractivity (Wildman–Crippen MR) is 109 cm³/mol. The van der Waals surface area contributed by atoms with Crippen molar-refractivity contribution in [1.82, 2.24) is 24.5 Å². The number of ether oxygens (including phenoxy) is 1. The topological polar surface area (TPSA) is 78.0 Å². The molecular formula is C22H18F5N5O2. The first-order valence-corrected chi connectivity index (χ1v) is 9.96. The van der Waals surface area contributed by atoms with Crippen LogP contribution in [0.2, 0.25) is 0 Å². The van der Waals surface area contributed by atoms with Gasteiger partial charge in [0.15, 0.2) is 0 Å². The van der Waals surface area contributed by atoms with Crippen LogP contribution < -0.4 is 4.74 Å². The van der Waals surface area contributed by atoms with Crippen molar-refractivity contribution < 1.29 is 31.8 Å². The lowest BCUT2D eigenvalue weighted by atomic mass is 9.86. The van der Waals surface area contributed by atoms with E-state index in [-0.39, 0.29) is 17.9 Å². The smallest absolute Gasteiger partial charge is 0.406 e. The van der Waals surface area contributed by atoms with Crippen LogP contribution in [0.5, 0.6) is 5.75 Å². The highest BCUT2D eigenvalue weighted by molar-refractivity contribution is 5.62. The monoisotopic (exact) mass is 479 g/mol. The van der Waals surface area contributed by atoms with Crippen molar-refractivity contribution >= 4 is 0 Å². The minimum absolute atomic E-state index is 0.164. The molecule has 34 heavy (non-hydrogen) atoms. The van der Waals surface area contributed by atoms with Crippen molar-refractivity contribution in [2.75, 3.05) is 0 Å². The van der Waals surface area contributed by atoms with E-state index in [1.807, 2.05) is 0 Å². The summed E-state index contributed by atoms with van der Waals surface area (Å²) in [5.41, 5.74) is -1.00. The predicted octanol–water partition coefficient (Wildman–Crippen LogP) is 4.47. The van der Waals surface area contributed by atoms with Gasteiger partial charge in [-0.1, -0.05) is 18.2 Å². The molecule has 0 aliphatic rings. The Kier molecular flexibility index (Phi) is 6.09. The van der Waals surface area contributed by atoms with E-state index in [0.29, 0.717) is 17.2 Å². The molecule has 0 bridgehead atoms. The molecule has 12 heteroatoms. The normalized spacial score (nSPS) is 14.6. The lowest BCUT2D eigenvalue weighted by molar-refractivity contribution is -0.274. The van der Waals surface area contributed by atoms with Gasteiger partial charge in [-0.25, -0.2) is 18.4 Å².